The number of nitrogens with zero attached hydrogens (tertiary/aromatic N) is 2. The van der Waals surface area contributed by atoms with Gasteiger partial charge in [0, 0.05) is 37.8 Å². The lowest BCUT2D eigenvalue weighted by molar-refractivity contribution is 0.0448. The lowest BCUT2D eigenvalue weighted by Gasteiger charge is -2.29. The second kappa shape index (κ2) is 38.5. The van der Waals surface area contributed by atoms with Crippen LogP contribution in [0.5, 0.6) is 0 Å². The molecule has 0 aliphatic heterocycles. The molecule has 0 aliphatic carbocycles. The zero-order chi connectivity index (χ0) is 46.9. The third kappa shape index (κ3) is 67.6. The largest absolute Gasteiger partial charge is 0.395 e. The molecule has 0 aliphatic rings. The summed E-state index contributed by atoms with van der Waals surface area (Å²) < 4.78 is 0. The molecule has 0 spiro atoms. The molecule has 0 fully saturated rings. The Morgan fingerprint density at radius 3 is 1.18 bits per heavy atom. The van der Waals surface area contributed by atoms with E-state index in [1.54, 1.807) is 13.8 Å². The summed E-state index contributed by atoms with van der Waals surface area (Å²) in [6.07, 6.45) is 6.25. The molecule has 0 amide bonds. The first kappa shape index (κ1) is 68.3. The van der Waals surface area contributed by atoms with E-state index in [1.165, 1.54) is 12.8 Å². The summed E-state index contributed by atoms with van der Waals surface area (Å²) in [5.41, 5.74) is 16.3. The number of hydrogen-bond donors (Lipinski definition) is 9. The van der Waals surface area contributed by atoms with Gasteiger partial charge >= 0.3 is 0 Å². The predicted molar refractivity (Wildman–Crippen MR) is 253 cm³/mol. The molecule has 11 nitrogen and oxygen atoms in total. The average molecular weight is 827 g/mol. The number of hydrogen-bond acceptors (Lipinski definition) is 11. The summed E-state index contributed by atoms with van der Waals surface area (Å²) in [6.45, 7) is 37.8. The highest BCUT2D eigenvalue weighted by molar-refractivity contribution is 4.81. The number of aliphatic hydroxyl groups is 5. The van der Waals surface area contributed by atoms with Gasteiger partial charge in [-0.25, -0.2) is 0 Å². The Morgan fingerprint density at radius 2 is 1.00 bits per heavy atom. The van der Waals surface area contributed by atoms with Crippen molar-refractivity contribution in [2.24, 2.45) is 51.7 Å². The molecule has 0 heterocycles. The van der Waals surface area contributed by atoms with Crippen LogP contribution in [0.2, 0.25) is 0 Å². The third-order valence-electron chi connectivity index (χ3n) is 8.31. The van der Waals surface area contributed by atoms with Crippen molar-refractivity contribution in [2.75, 3.05) is 61.5 Å². The molecule has 0 saturated heterocycles. The van der Waals surface area contributed by atoms with Crippen LogP contribution in [0.15, 0.2) is 0 Å². The first-order chi connectivity index (χ1) is 25.5. The van der Waals surface area contributed by atoms with Crippen LogP contribution < -0.4 is 22.5 Å². The highest BCUT2D eigenvalue weighted by Gasteiger charge is 2.23. The van der Waals surface area contributed by atoms with Crippen LogP contribution in [0.3, 0.4) is 0 Å². The summed E-state index contributed by atoms with van der Waals surface area (Å²) in [4.78, 5) is 4.33. The number of likely N-dealkylation sites (N-methyl/N-ethyl adjacent to an activating group) is 2. The van der Waals surface area contributed by atoms with E-state index in [0.29, 0.717) is 42.2 Å². The first-order valence-electron chi connectivity index (χ1n) is 22.1. The topological polar surface area (TPSA) is 198 Å². The zero-order valence-corrected chi connectivity index (χ0v) is 42.4. The Bertz CT molecular complexity index is 799. The van der Waals surface area contributed by atoms with Crippen molar-refractivity contribution >= 4 is 0 Å². The van der Waals surface area contributed by atoms with E-state index in [1.807, 2.05) is 26.0 Å². The van der Waals surface area contributed by atoms with Crippen LogP contribution in [-0.2, 0) is 0 Å². The number of aliphatic hydroxyl groups excluding tert-OH is 4. The number of nitrogens with one attached hydrogen (secondary N) is 1. The maximum Gasteiger partial charge on any atom is 0.0742 e. The summed E-state index contributed by atoms with van der Waals surface area (Å²) in [5, 5.41) is 48.4. The second-order valence-electron chi connectivity index (χ2n) is 21.3. The summed E-state index contributed by atoms with van der Waals surface area (Å²) in [6, 6.07) is 0.623. The van der Waals surface area contributed by atoms with E-state index < -0.39 is 5.60 Å². The Kier molecular flexibility index (Phi) is 46.1. The van der Waals surface area contributed by atoms with E-state index in [9.17, 15) is 10.2 Å². The van der Waals surface area contributed by atoms with Gasteiger partial charge in [0.15, 0.2) is 0 Å². The van der Waals surface area contributed by atoms with Crippen molar-refractivity contribution in [3.05, 3.63) is 0 Å². The zero-order valence-electron chi connectivity index (χ0n) is 42.4. The van der Waals surface area contributed by atoms with E-state index in [2.05, 4.69) is 128 Å². The molecule has 0 radical (unpaired) electrons. The molecule has 0 saturated carbocycles. The summed E-state index contributed by atoms with van der Waals surface area (Å²) in [7, 11) is 10.1. The van der Waals surface area contributed by atoms with Crippen molar-refractivity contribution in [2.45, 2.75) is 205 Å². The van der Waals surface area contributed by atoms with Crippen LogP contribution in [0.1, 0.15) is 163 Å². The van der Waals surface area contributed by atoms with Crippen molar-refractivity contribution in [3.63, 3.8) is 0 Å². The van der Waals surface area contributed by atoms with Crippen molar-refractivity contribution in [1.29, 1.82) is 0 Å². The maximum atomic E-state index is 9.41. The fourth-order valence-electron chi connectivity index (χ4n) is 5.57. The standard InChI is InChI=1S/C10H23N.2C8H19NO.2C7H17NO.C6H15NO/c1-7-9(11(5)6)8-10(2,3)4;1-7(2)5-8(10)6-9(3)4;1-6(2)5-7(9)8(3,4)10;1-7(2,3)4-6(9)5-8;1-6(2)4-7(9)5-8-3;1-5(2)3-6(7)4-8/h9H,7-8H2,1-6H3;7-8,10H,5-6H2,1-4H3;6-7,10H,5,9H2,1-4H3;6,9H,4-5,8H2,1-3H3;6-9H,4-5H2,1-3H3;5-6,8H,3-4,7H2,1-2H3. The number of nitrogens with two attached hydrogens (primary N) is 3. The lowest BCUT2D eigenvalue weighted by Crippen LogP contribution is -2.43. The normalized spacial score (nSPS) is 15.2. The van der Waals surface area contributed by atoms with E-state index in [-0.39, 0.29) is 42.4 Å². The van der Waals surface area contributed by atoms with Gasteiger partial charge in [0.1, 0.15) is 0 Å². The average Bonchev–Trinajstić information content (AvgIpc) is 2.98. The molecule has 57 heavy (non-hydrogen) atoms. The molecule has 6 unspecified atom stereocenters. The van der Waals surface area contributed by atoms with Crippen molar-refractivity contribution in [1.82, 2.24) is 15.1 Å². The quantitative estimate of drug-likeness (QED) is 0.0685. The van der Waals surface area contributed by atoms with Crippen LogP contribution in [0, 0.1) is 34.5 Å². The van der Waals surface area contributed by atoms with Gasteiger partial charge in [0.25, 0.3) is 0 Å². The Labute approximate surface area is 357 Å². The molecule has 6 atom stereocenters. The second-order valence-corrected chi connectivity index (χ2v) is 21.3. The third-order valence-corrected chi connectivity index (χ3v) is 8.31. The Balaban J connectivity index is -0.000000137. The molecule has 11 heteroatoms. The van der Waals surface area contributed by atoms with Gasteiger partial charge in [-0.05, 0) is 129 Å². The minimum Gasteiger partial charge on any atom is -0.395 e. The van der Waals surface area contributed by atoms with E-state index >= 15 is 0 Å². The van der Waals surface area contributed by atoms with Gasteiger partial charge in [0.05, 0.1) is 30.5 Å². The number of rotatable bonds is 19. The minimum atomic E-state index is -0.732. The first-order valence-corrected chi connectivity index (χ1v) is 22.1. The molecule has 0 aromatic rings. The lowest BCUT2D eigenvalue weighted by atomic mass is 9.87. The van der Waals surface area contributed by atoms with Gasteiger partial charge in [-0.2, -0.15) is 0 Å². The molecular formula is C46H110N6O5. The smallest absolute Gasteiger partial charge is 0.0742 e. The molecule has 12 N–H and O–H groups in total. The van der Waals surface area contributed by atoms with E-state index in [0.717, 1.165) is 44.7 Å². The molecule has 354 valence electrons. The van der Waals surface area contributed by atoms with Gasteiger partial charge in [-0.1, -0.05) is 104 Å². The van der Waals surface area contributed by atoms with Gasteiger partial charge in [-0.3, -0.25) is 0 Å². The maximum absolute atomic E-state index is 9.41. The highest BCUT2D eigenvalue weighted by atomic mass is 16.3. The molecule has 0 rings (SSSR count). The van der Waals surface area contributed by atoms with Gasteiger partial charge in [-0.15, -0.1) is 0 Å². The van der Waals surface area contributed by atoms with Crippen molar-refractivity contribution in [3.8, 4) is 0 Å². The molecule has 0 bridgehead atoms. The van der Waals surface area contributed by atoms with Crippen LogP contribution >= 0.6 is 0 Å². The van der Waals surface area contributed by atoms with Crippen LogP contribution in [-0.4, -0.2) is 139 Å². The SMILES string of the molecule is CC(C)(C)CC(O)CN.CC(C)CC(N)C(C)(C)O.CC(C)CC(N)CO.CC(C)CC(O)CN(C)C.CCC(CC(C)(C)C)N(C)C.CNCC(O)CC(C)C. The molecule has 0 aromatic carbocycles. The predicted octanol–water partition coefficient (Wildman–Crippen LogP) is 6.56. The van der Waals surface area contributed by atoms with E-state index in [4.69, 9.17) is 32.5 Å². The monoisotopic (exact) mass is 827 g/mol. The van der Waals surface area contributed by atoms with Gasteiger partial charge in [0.2, 0.25) is 0 Å². The minimum absolute atomic E-state index is 0.0185. The summed E-state index contributed by atoms with van der Waals surface area (Å²) >= 11 is 0. The Hall–Kier alpha value is -0.440. The fourth-order valence-corrected chi connectivity index (χ4v) is 5.57. The highest BCUT2D eigenvalue weighted by Crippen LogP contribution is 2.24. The fraction of sp³-hybridized carbons (Fsp3) is 1.00. The van der Waals surface area contributed by atoms with Gasteiger partial charge < -0.3 is 57.9 Å². The molecule has 0 aromatic heterocycles. The van der Waals surface area contributed by atoms with Crippen LogP contribution in [0.4, 0.5) is 0 Å². The summed E-state index contributed by atoms with van der Waals surface area (Å²) in [5.74, 6) is 2.34. The molecular weight excluding hydrogens is 717 g/mol. The Morgan fingerprint density at radius 1 is 0.614 bits per heavy atom. The van der Waals surface area contributed by atoms with Crippen molar-refractivity contribution < 1.29 is 25.5 Å². The van der Waals surface area contributed by atoms with Crippen LogP contribution in [0.25, 0.3) is 0 Å².